The van der Waals surface area contributed by atoms with E-state index in [9.17, 15) is 0 Å². The molecular formula is C11H24N2. The van der Waals surface area contributed by atoms with Crippen molar-refractivity contribution >= 4 is 0 Å². The van der Waals surface area contributed by atoms with Gasteiger partial charge in [-0.25, -0.2) is 0 Å². The summed E-state index contributed by atoms with van der Waals surface area (Å²) in [6.07, 6.45) is 2.36. The van der Waals surface area contributed by atoms with Crippen LogP contribution in [0.1, 0.15) is 26.7 Å². The molecule has 0 aliphatic carbocycles. The lowest BCUT2D eigenvalue weighted by Gasteiger charge is -2.24. The highest BCUT2D eigenvalue weighted by atomic mass is 15.1. The van der Waals surface area contributed by atoms with Crippen LogP contribution in [0, 0.1) is 0 Å². The Morgan fingerprint density at radius 1 is 1.54 bits per heavy atom. The van der Waals surface area contributed by atoms with Crippen molar-refractivity contribution in [3.63, 3.8) is 0 Å². The van der Waals surface area contributed by atoms with Crippen LogP contribution in [-0.2, 0) is 0 Å². The third-order valence-corrected chi connectivity index (χ3v) is 2.46. The lowest BCUT2D eigenvalue weighted by atomic mass is 10.1. The third kappa shape index (κ3) is 6.79. The fourth-order valence-electron chi connectivity index (χ4n) is 1.18. The van der Waals surface area contributed by atoms with Crippen molar-refractivity contribution in [2.75, 3.05) is 27.2 Å². The van der Waals surface area contributed by atoms with E-state index >= 15 is 0 Å². The first-order chi connectivity index (χ1) is 6.07. The Labute approximate surface area is 83.0 Å². The van der Waals surface area contributed by atoms with Gasteiger partial charge in [0.1, 0.15) is 0 Å². The largest absolute Gasteiger partial charge is 0.318 e. The van der Waals surface area contributed by atoms with Gasteiger partial charge < -0.3 is 10.2 Å². The zero-order valence-electron chi connectivity index (χ0n) is 9.56. The van der Waals surface area contributed by atoms with Crippen molar-refractivity contribution in [1.29, 1.82) is 0 Å². The van der Waals surface area contributed by atoms with Crippen LogP contribution in [0.15, 0.2) is 12.2 Å². The van der Waals surface area contributed by atoms with Crippen molar-refractivity contribution in [2.24, 2.45) is 0 Å². The second kappa shape index (κ2) is 7.10. The lowest BCUT2D eigenvalue weighted by molar-refractivity contribution is 0.248. The predicted octanol–water partition coefficient (Wildman–Crippen LogP) is 1.88. The molecule has 2 nitrogen and oxygen atoms in total. The van der Waals surface area contributed by atoms with E-state index in [1.165, 1.54) is 12.0 Å². The van der Waals surface area contributed by atoms with E-state index in [-0.39, 0.29) is 0 Å². The van der Waals surface area contributed by atoms with Crippen molar-refractivity contribution in [3.8, 4) is 0 Å². The normalized spacial score (nSPS) is 13.3. The Hall–Kier alpha value is -0.340. The van der Waals surface area contributed by atoms with Gasteiger partial charge in [0.05, 0.1) is 0 Å². The Kier molecular flexibility index (Phi) is 6.92. The molecule has 0 saturated heterocycles. The summed E-state index contributed by atoms with van der Waals surface area (Å²) in [5.74, 6) is 0. The van der Waals surface area contributed by atoms with Gasteiger partial charge >= 0.3 is 0 Å². The zero-order valence-corrected chi connectivity index (χ0v) is 9.56. The molecule has 1 atom stereocenters. The number of likely N-dealkylation sites (N-methyl/N-ethyl adjacent to an activating group) is 2. The summed E-state index contributed by atoms with van der Waals surface area (Å²) in [7, 11) is 4.17. The first-order valence-electron chi connectivity index (χ1n) is 5.07. The fraction of sp³-hybridized carbons (Fsp3) is 0.818. The van der Waals surface area contributed by atoms with Gasteiger partial charge in [0.2, 0.25) is 0 Å². The van der Waals surface area contributed by atoms with Crippen LogP contribution < -0.4 is 5.32 Å². The van der Waals surface area contributed by atoms with Gasteiger partial charge in [0.15, 0.2) is 0 Å². The summed E-state index contributed by atoms with van der Waals surface area (Å²) < 4.78 is 0. The van der Waals surface area contributed by atoms with E-state index in [0.717, 1.165) is 19.5 Å². The molecule has 0 saturated carbocycles. The minimum atomic E-state index is 0.657. The van der Waals surface area contributed by atoms with E-state index in [1.54, 1.807) is 0 Å². The van der Waals surface area contributed by atoms with Crippen LogP contribution in [0.5, 0.6) is 0 Å². The summed E-state index contributed by atoms with van der Waals surface area (Å²) in [6.45, 7) is 10.5. The molecule has 0 heterocycles. The van der Waals surface area contributed by atoms with E-state index in [1.807, 2.05) is 7.05 Å². The molecule has 0 aromatic rings. The van der Waals surface area contributed by atoms with Gasteiger partial charge in [0, 0.05) is 19.1 Å². The lowest BCUT2D eigenvalue weighted by Crippen LogP contribution is -2.34. The molecule has 0 bridgehead atoms. The fourth-order valence-corrected chi connectivity index (χ4v) is 1.18. The smallest absolute Gasteiger partial charge is 0.0106 e. The Bertz CT molecular complexity index is 143. The van der Waals surface area contributed by atoms with Crippen LogP contribution in [0.3, 0.4) is 0 Å². The van der Waals surface area contributed by atoms with Gasteiger partial charge in [-0.15, -0.1) is 6.58 Å². The molecule has 0 radical (unpaired) electrons. The summed E-state index contributed by atoms with van der Waals surface area (Å²) in [5, 5.41) is 3.16. The Balaban J connectivity index is 3.56. The summed E-state index contributed by atoms with van der Waals surface area (Å²) in [6, 6.07) is 0.657. The molecule has 0 aliphatic rings. The molecule has 78 valence electrons. The molecule has 0 amide bonds. The first kappa shape index (κ1) is 12.7. The quantitative estimate of drug-likeness (QED) is 0.608. The maximum absolute atomic E-state index is 3.92. The number of hydrogen-bond donors (Lipinski definition) is 1. The van der Waals surface area contributed by atoms with Crippen LogP contribution in [-0.4, -0.2) is 38.1 Å². The zero-order chi connectivity index (χ0) is 10.3. The molecule has 1 N–H and O–H groups in total. The van der Waals surface area contributed by atoms with E-state index < -0.39 is 0 Å². The highest BCUT2D eigenvalue weighted by Gasteiger charge is 2.07. The highest BCUT2D eigenvalue weighted by molar-refractivity contribution is 4.88. The van der Waals surface area contributed by atoms with Crippen molar-refractivity contribution < 1.29 is 0 Å². The summed E-state index contributed by atoms with van der Waals surface area (Å²) in [4.78, 5) is 2.39. The second-order valence-electron chi connectivity index (χ2n) is 3.93. The average Bonchev–Trinajstić information content (AvgIpc) is 2.10. The molecule has 0 aromatic carbocycles. The number of nitrogens with zero attached hydrogens (tertiary/aromatic N) is 1. The van der Waals surface area contributed by atoms with Crippen LogP contribution in [0.25, 0.3) is 0 Å². The maximum Gasteiger partial charge on any atom is 0.0106 e. The monoisotopic (exact) mass is 184 g/mol. The minimum absolute atomic E-state index is 0.657. The highest BCUT2D eigenvalue weighted by Crippen LogP contribution is 2.08. The number of hydrogen-bond acceptors (Lipinski definition) is 2. The van der Waals surface area contributed by atoms with Crippen LogP contribution in [0.4, 0.5) is 0 Å². The molecule has 0 spiro atoms. The molecular weight excluding hydrogens is 160 g/mol. The molecule has 13 heavy (non-hydrogen) atoms. The molecule has 0 aromatic heterocycles. The SMILES string of the molecule is C=C(C)CCC(C)N(C)CCNC. The minimum Gasteiger partial charge on any atom is -0.318 e. The maximum atomic E-state index is 3.92. The summed E-state index contributed by atoms with van der Waals surface area (Å²) in [5.41, 5.74) is 1.29. The molecule has 0 fully saturated rings. The third-order valence-electron chi connectivity index (χ3n) is 2.46. The van der Waals surface area contributed by atoms with Gasteiger partial charge in [-0.2, -0.15) is 0 Å². The molecule has 0 aliphatic heterocycles. The molecule has 2 heteroatoms. The number of nitrogens with one attached hydrogen (secondary N) is 1. The molecule has 1 unspecified atom stereocenters. The summed E-state index contributed by atoms with van der Waals surface area (Å²) >= 11 is 0. The number of rotatable bonds is 7. The topological polar surface area (TPSA) is 15.3 Å². The first-order valence-corrected chi connectivity index (χ1v) is 5.07. The predicted molar refractivity (Wildman–Crippen MR) is 60.1 cm³/mol. The van der Waals surface area contributed by atoms with Crippen molar-refractivity contribution in [2.45, 2.75) is 32.7 Å². The van der Waals surface area contributed by atoms with Gasteiger partial charge in [-0.05, 0) is 40.8 Å². The van der Waals surface area contributed by atoms with E-state index in [2.05, 4.69) is 37.7 Å². The van der Waals surface area contributed by atoms with E-state index in [0.29, 0.717) is 6.04 Å². The number of allylic oxidation sites excluding steroid dienone is 1. The Morgan fingerprint density at radius 3 is 2.62 bits per heavy atom. The standard InChI is InChI=1S/C11H24N2/c1-10(2)6-7-11(3)13(5)9-8-12-4/h11-12H,1,6-9H2,2-5H3. The second-order valence-corrected chi connectivity index (χ2v) is 3.93. The van der Waals surface area contributed by atoms with E-state index in [4.69, 9.17) is 0 Å². The molecule has 0 rings (SSSR count). The van der Waals surface area contributed by atoms with Gasteiger partial charge in [-0.1, -0.05) is 5.57 Å². The Morgan fingerprint density at radius 2 is 2.15 bits per heavy atom. The average molecular weight is 184 g/mol. The van der Waals surface area contributed by atoms with Gasteiger partial charge in [0.25, 0.3) is 0 Å². The van der Waals surface area contributed by atoms with Crippen molar-refractivity contribution in [1.82, 2.24) is 10.2 Å². The van der Waals surface area contributed by atoms with Crippen molar-refractivity contribution in [3.05, 3.63) is 12.2 Å². The van der Waals surface area contributed by atoms with Crippen LogP contribution in [0.2, 0.25) is 0 Å². The van der Waals surface area contributed by atoms with Gasteiger partial charge in [-0.3, -0.25) is 0 Å². The van der Waals surface area contributed by atoms with Crippen LogP contribution >= 0.6 is 0 Å².